The van der Waals surface area contributed by atoms with Crippen LogP contribution in [-0.4, -0.2) is 17.7 Å². The van der Waals surface area contributed by atoms with Crippen molar-refractivity contribution in [2.45, 2.75) is 10.6 Å². The maximum atomic E-state index is 12.4. The quantitative estimate of drug-likeness (QED) is 0.682. The number of anilines is 1. The first-order chi connectivity index (χ1) is 12.8. The van der Waals surface area contributed by atoms with Crippen LogP contribution >= 0.6 is 11.8 Å². The van der Waals surface area contributed by atoms with Crippen LogP contribution in [0.15, 0.2) is 71.9 Å². The predicted octanol–water partition coefficient (Wildman–Crippen LogP) is 4.35. The molecule has 1 amide bonds. The zero-order chi connectivity index (χ0) is 17.8. The van der Waals surface area contributed by atoms with Crippen LogP contribution in [0.1, 0.15) is 15.9 Å². The fraction of sp³-hybridized carbons (Fsp3) is 0.100. The van der Waals surface area contributed by atoms with Gasteiger partial charge in [0.25, 0.3) is 5.91 Å². The van der Waals surface area contributed by atoms with Gasteiger partial charge in [-0.25, -0.2) is 0 Å². The number of thioether (sulfide) groups is 1. The molecule has 1 aliphatic rings. The standard InChI is InChI=1S/C20H16N2O3S/c23-20(15-3-8-18-19(10-15)25-13-24-18)22-16-4-6-17(7-5-16)26-12-14-2-1-9-21-11-14/h1-11H,12-13H2,(H,22,23). The van der Waals surface area contributed by atoms with Gasteiger partial charge in [0, 0.05) is 34.3 Å². The van der Waals surface area contributed by atoms with Crippen molar-refractivity contribution in [1.82, 2.24) is 4.98 Å². The number of fused-ring (bicyclic) bond motifs is 1. The molecule has 1 aromatic heterocycles. The Morgan fingerprint density at radius 2 is 1.92 bits per heavy atom. The van der Waals surface area contributed by atoms with E-state index in [1.807, 2.05) is 36.5 Å². The highest BCUT2D eigenvalue weighted by atomic mass is 32.2. The van der Waals surface area contributed by atoms with Crippen molar-refractivity contribution in [2.24, 2.45) is 0 Å². The van der Waals surface area contributed by atoms with Gasteiger partial charge in [0.1, 0.15) is 0 Å². The van der Waals surface area contributed by atoms with Gasteiger partial charge < -0.3 is 14.8 Å². The highest BCUT2D eigenvalue weighted by Crippen LogP contribution is 2.32. The van der Waals surface area contributed by atoms with E-state index in [0.29, 0.717) is 17.1 Å². The summed E-state index contributed by atoms with van der Waals surface area (Å²) >= 11 is 1.73. The van der Waals surface area contributed by atoms with E-state index in [-0.39, 0.29) is 12.7 Å². The number of ether oxygens (including phenoxy) is 2. The lowest BCUT2D eigenvalue weighted by Crippen LogP contribution is -2.11. The summed E-state index contributed by atoms with van der Waals surface area (Å²) in [5, 5.41) is 2.90. The summed E-state index contributed by atoms with van der Waals surface area (Å²) in [6.07, 6.45) is 3.64. The smallest absolute Gasteiger partial charge is 0.255 e. The lowest BCUT2D eigenvalue weighted by Gasteiger charge is -2.07. The second kappa shape index (κ2) is 7.49. The van der Waals surface area contributed by atoms with Gasteiger partial charge >= 0.3 is 0 Å². The van der Waals surface area contributed by atoms with Gasteiger partial charge in [-0.15, -0.1) is 11.8 Å². The Balaban J connectivity index is 1.37. The number of nitrogens with zero attached hydrogens (tertiary/aromatic N) is 1. The highest BCUT2D eigenvalue weighted by molar-refractivity contribution is 7.98. The molecule has 0 aliphatic carbocycles. The minimum atomic E-state index is -0.181. The van der Waals surface area contributed by atoms with Crippen molar-refractivity contribution in [3.05, 3.63) is 78.1 Å². The van der Waals surface area contributed by atoms with E-state index < -0.39 is 0 Å². The average Bonchev–Trinajstić information content (AvgIpc) is 3.16. The third kappa shape index (κ3) is 3.81. The van der Waals surface area contributed by atoms with Gasteiger partial charge in [0.15, 0.2) is 11.5 Å². The van der Waals surface area contributed by atoms with Crippen LogP contribution in [0.5, 0.6) is 11.5 Å². The maximum absolute atomic E-state index is 12.4. The Labute approximate surface area is 155 Å². The zero-order valence-electron chi connectivity index (χ0n) is 13.8. The molecule has 4 rings (SSSR count). The number of carbonyl (C=O) groups excluding carboxylic acids is 1. The fourth-order valence-corrected chi connectivity index (χ4v) is 3.36. The second-order valence-electron chi connectivity index (χ2n) is 5.70. The molecular weight excluding hydrogens is 348 g/mol. The molecule has 2 heterocycles. The number of rotatable bonds is 5. The van der Waals surface area contributed by atoms with Crippen molar-refractivity contribution >= 4 is 23.4 Å². The van der Waals surface area contributed by atoms with Crippen LogP contribution < -0.4 is 14.8 Å². The summed E-state index contributed by atoms with van der Waals surface area (Å²) in [6.45, 7) is 0.193. The summed E-state index contributed by atoms with van der Waals surface area (Å²) in [5.41, 5.74) is 2.46. The first-order valence-electron chi connectivity index (χ1n) is 8.11. The van der Waals surface area contributed by atoms with E-state index in [1.54, 1.807) is 36.2 Å². The lowest BCUT2D eigenvalue weighted by atomic mass is 10.2. The minimum Gasteiger partial charge on any atom is -0.454 e. The molecular formula is C20H16N2O3S. The van der Waals surface area contributed by atoms with Crippen molar-refractivity contribution in [1.29, 1.82) is 0 Å². The van der Waals surface area contributed by atoms with Crippen molar-refractivity contribution in [2.75, 3.05) is 12.1 Å². The molecule has 0 atom stereocenters. The first-order valence-corrected chi connectivity index (χ1v) is 9.09. The molecule has 5 nitrogen and oxygen atoms in total. The van der Waals surface area contributed by atoms with Gasteiger partial charge in [-0.3, -0.25) is 9.78 Å². The molecule has 3 aromatic rings. The average molecular weight is 364 g/mol. The van der Waals surface area contributed by atoms with Crippen LogP contribution in [0.2, 0.25) is 0 Å². The van der Waals surface area contributed by atoms with Gasteiger partial charge in [0.05, 0.1) is 0 Å². The van der Waals surface area contributed by atoms with E-state index >= 15 is 0 Å². The number of carbonyl (C=O) groups is 1. The molecule has 26 heavy (non-hydrogen) atoms. The Morgan fingerprint density at radius 1 is 1.08 bits per heavy atom. The molecule has 0 unspecified atom stereocenters. The Hall–Kier alpha value is -2.99. The topological polar surface area (TPSA) is 60.5 Å². The molecule has 0 saturated heterocycles. The maximum Gasteiger partial charge on any atom is 0.255 e. The van der Waals surface area contributed by atoms with E-state index in [4.69, 9.17) is 9.47 Å². The summed E-state index contributed by atoms with van der Waals surface area (Å²) in [6, 6.07) is 16.9. The van der Waals surface area contributed by atoms with E-state index in [1.165, 1.54) is 5.56 Å². The minimum absolute atomic E-state index is 0.181. The third-order valence-corrected chi connectivity index (χ3v) is 4.96. The molecule has 1 N–H and O–H groups in total. The fourth-order valence-electron chi connectivity index (χ4n) is 2.53. The largest absolute Gasteiger partial charge is 0.454 e. The van der Waals surface area contributed by atoms with Crippen LogP contribution in [-0.2, 0) is 5.75 Å². The number of pyridine rings is 1. The van der Waals surface area contributed by atoms with Gasteiger partial charge in [0.2, 0.25) is 6.79 Å². The zero-order valence-corrected chi connectivity index (χ0v) is 14.7. The molecule has 0 radical (unpaired) electrons. The van der Waals surface area contributed by atoms with E-state index in [9.17, 15) is 4.79 Å². The van der Waals surface area contributed by atoms with Crippen molar-refractivity contribution < 1.29 is 14.3 Å². The van der Waals surface area contributed by atoms with Crippen LogP contribution in [0.25, 0.3) is 0 Å². The number of amides is 1. The second-order valence-corrected chi connectivity index (χ2v) is 6.75. The third-order valence-electron chi connectivity index (χ3n) is 3.88. The van der Waals surface area contributed by atoms with E-state index in [2.05, 4.69) is 16.4 Å². The van der Waals surface area contributed by atoms with Crippen LogP contribution in [0.3, 0.4) is 0 Å². The Kier molecular flexibility index (Phi) is 4.75. The Bertz CT molecular complexity index is 914. The lowest BCUT2D eigenvalue weighted by molar-refractivity contribution is 0.102. The van der Waals surface area contributed by atoms with Gasteiger partial charge in [-0.1, -0.05) is 6.07 Å². The number of hydrogen-bond acceptors (Lipinski definition) is 5. The summed E-state index contributed by atoms with van der Waals surface area (Å²) in [7, 11) is 0. The first kappa shape index (κ1) is 16.5. The van der Waals surface area contributed by atoms with Gasteiger partial charge in [-0.05, 0) is 54.1 Å². The van der Waals surface area contributed by atoms with Crippen molar-refractivity contribution in [3.8, 4) is 11.5 Å². The molecule has 0 bridgehead atoms. The van der Waals surface area contributed by atoms with Crippen LogP contribution in [0.4, 0.5) is 5.69 Å². The molecule has 2 aromatic carbocycles. The molecule has 130 valence electrons. The normalized spacial score (nSPS) is 12.0. The molecule has 6 heteroatoms. The SMILES string of the molecule is O=C(Nc1ccc(SCc2cccnc2)cc1)c1ccc2c(c1)OCO2. The number of benzene rings is 2. The van der Waals surface area contributed by atoms with Crippen molar-refractivity contribution in [3.63, 3.8) is 0 Å². The molecule has 0 spiro atoms. The molecule has 0 fully saturated rings. The number of nitrogens with one attached hydrogen (secondary N) is 1. The van der Waals surface area contributed by atoms with E-state index in [0.717, 1.165) is 16.3 Å². The van der Waals surface area contributed by atoms with Crippen LogP contribution in [0, 0.1) is 0 Å². The monoisotopic (exact) mass is 364 g/mol. The number of hydrogen-bond donors (Lipinski definition) is 1. The summed E-state index contributed by atoms with van der Waals surface area (Å²) in [4.78, 5) is 17.6. The summed E-state index contributed by atoms with van der Waals surface area (Å²) < 4.78 is 10.6. The predicted molar refractivity (Wildman–Crippen MR) is 101 cm³/mol. The van der Waals surface area contributed by atoms with Gasteiger partial charge in [-0.2, -0.15) is 0 Å². The highest BCUT2D eigenvalue weighted by Gasteiger charge is 2.16. The molecule has 0 saturated carbocycles. The summed E-state index contributed by atoms with van der Waals surface area (Å²) in [5.74, 6) is 1.94. The number of aromatic nitrogens is 1. The Morgan fingerprint density at radius 3 is 2.73 bits per heavy atom. The molecule has 1 aliphatic heterocycles.